The Morgan fingerprint density at radius 3 is 2.65 bits per heavy atom. The minimum Gasteiger partial charge on any atom is -0.466 e. The van der Waals surface area contributed by atoms with Gasteiger partial charge in [0.1, 0.15) is 0 Å². The average Bonchev–Trinajstić information content (AvgIpc) is 2.68. The molecule has 5 nitrogen and oxygen atoms in total. The highest BCUT2D eigenvalue weighted by Gasteiger charge is 2.15. The molecule has 0 fully saturated rings. The Morgan fingerprint density at radius 1 is 1.35 bits per heavy atom. The molecule has 0 spiro atoms. The highest BCUT2D eigenvalue weighted by Crippen LogP contribution is 2.11. The van der Waals surface area contributed by atoms with Gasteiger partial charge in [0.25, 0.3) is 0 Å². The van der Waals surface area contributed by atoms with Crippen LogP contribution in [0, 0.1) is 0 Å². The predicted molar refractivity (Wildman–Crippen MR) is 62.8 cm³/mol. The lowest BCUT2D eigenvalue weighted by molar-refractivity contribution is -0.143. The molecule has 94 valence electrons. The summed E-state index contributed by atoms with van der Waals surface area (Å²) in [7, 11) is 1.78. The monoisotopic (exact) mass is 238 g/mol. The summed E-state index contributed by atoms with van der Waals surface area (Å²) in [5.41, 5.74) is 1.39. The Labute approximate surface area is 101 Å². The number of nitrogens with zero attached hydrogens (tertiary/aromatic N) is 2. The maximum atomic E-state index is 11.9. The van der Waals surface area contributed by atoms with Crippen LogP contribution in [-0.4, -0.2) is 28.1 Å². The van der Waals surface area contributed by atoms with Gasteiger partial charge in [-0.1, -0.05) is 6.92 Å². The average molecular weight is 238 g/mol. The molecule has 0 saturated heterocycles. The van der Waals surface area contributed by atoms with Crippen molar-refractivity contribution in [2.24, 2.45) is 7.05 Å². The summed E-state index contributed by atoms with van der Waals surface area (Å²) in [5, 5.41) is 4.19. The van der Waals surface area contributed by atoms with E-state index >= 15 is 0 Å². The van der Waals surface area contributed by atoms with Crippen molar-refractivity contribution in [1.82, 2.24) is 9.78 Å². The molecule has 0 radical (unpaired) electrons. The fourth-order valence-corrected chi connectivity index (χ4v) is 1.61. The first-order valence-corrected chi connectivity index (χ1v) is 5.79. The van der Waals surface area contributed by atoms with E-state index in [4.69, 9.17) is 4.74 Å². The predicted octanol–water partition coefficient (Wildman–Crippen LogP) is 1.51. The Hall–Kier alpha value is -1.65. The van der Waals surface area contributed by atoms with Crippen LogP contribution in [0.3, 0.4) is 0 Å². The summed E-state index contributed by atoms with van der Waals surface area (Å²) >= 11 is 0. The molecule has 0 atom stereocenters. The Kier molecular flexibility index (Phi) is 4.87. The number of ketones is 1. The second-order valence-electron chi connectivity index (χ2n) is 3.74. The van der Waals surface area contributed by atoms with Crippen LogP contribution in [0.15, 0.2) is 6.20 Å². The van der Waals surface area contributed by atoms with E-state index in [2.05, 4.69) is 5.10 Å². The number of aryl methyl sites for hydroxylation is 2. The molecule has 0 unspecified atom stereocenters. The molecule has 1 rings (SSSR count). The zero-order valence-electron chi connectivity index (χ0n) is 10.5. The van der Waals surface area contributed by atoms with Crippen LogP contribution in [-0.2, 0) is 23.0 Å². The molecule has 0 aliphatic carbocycles. The second-order valence-corrected chi connectivity index (χ2v) is 3.74. The largest absolute Gasteiger partial charge is 0.466 e. The van der Waals surface area contributed by atoms with Gasteiger partial charge in [-0.05, 0) is 13.3 Å². The zero-order valence-corrected chi connectivity index (χ0v) is 10.5. The molecule has 0 bridgehead atoms. The van der Waals surface area contributed by atoms with E-state index in [9.17, 15) is 9.59 Å². The Bertz CT molecular complexity index is 410. The van der Waals surface area contributed by atoms with E-state index in [1.807, 2.05) is 6.92 Å². The number of esters is 1. The minimum atomic E-state index is -0.331. The van der Waals surface area contributed by atoms with Gasteiger partial charge in [-0.25, -0.2) is 0 Å². The van der Waals surface area contributed by atoms with Gasteiger partial charge < -0.3 is 4.74 Å². The van der Waals surface area contributed by atoms with Crippen LogP contribution in [0.25, 0.3) is 0 Å². The van der Waals surface area contributed by atoms with Crippen LogP contribution in [0.5, 0.6) is 0 Å². The van der Waals surface area contributed by atoms with Gasteiger partial charge in [0.2, 0.25) is 0 Å². The lowest BCUT2D eigenvalue weighted by atomic mass is 10.1. The van der Waals surface area contributed by atoms with Crippen LogP contribution in [0.2, 0.25) is 0 Å². The number of ether oxygens (including phenoxy) is 1. The van der Waals surface area contributed by atoms with Gasteiger partial charge in [-0.2, -0.15) is 5.10 Å². The van der Waals surface area contributed by atoms with E-state index in [0.717, 1.165) is 5.69 Å². The van der Waals surface area contributed by atoms with Crippen LogP contribution in [0.1, 0.15) is 42.7 Å². The number of hydrogen-bond acceptors (Lipinski definition) is 4. The molecule has 1 heterocycles. The molecule has 5 heteroatoms. The molecule has 0 aliphatic heterocycles. The second kappa shape index (κ2) is 6.18. The highest BCUT2D eigenvalue weighted by atomic mass is 16.5. The summed E-state index contributed by atoms with van der Waals surface area (Å²) in [5.74, 6) is -0.384. The first-order valence-electron chi connectivity index (χ1n) is 5.79. The van der Waals surface area contributed by atoms with Gasteiger partial charge in [-0.15, -0.1) is 0 Å². The maximum Gasteiger partial charge on any atom is 0.306 e. The number of carbonyl (C=O) groups excluding carboxylic acids is 2. The van der Waals surface area contributed by atoms with E-state index in [1.165, 1.54) is 0 Å². The molecule has 0 N–H and O–H groups in total. The van der Waals surface area contributed by atoms with Crippen molar-refractivity contribution >= 4 is 11.8 Å². The maximum absolute atomic E-state index is 11.9. The third-order valence-corrected chi connectivity index (χ3v) is 2.40. The molecule has 0 aromatic carbocycles. The normalized spacial score (nSPS) is 10.3. The smallest absolute Gasteiger partial charge is 0.306 e. The minimum absolute atomic E-state index is 0.0528. The zero-order chi connectivity index (χ0) is 12.8. The summed E-state index contributed by atoms with van der Waals surface area (Å²) < 4.78 is 6.40. The molecule has 17 heavy (non-hydrogen) atoms. The summed E-state index contributed by atoms with van der Waals surface area (Å²) in [6, 6.07) is 0. The third-order valence-electron chi connectivity index (χ3n) is 2.40. The molecule has 1 aromatic rings. The van der Waals surface area contributed by atoms with Gasteiger partial charge in [0, 0.05) is 19.7 Å². The fourth-order valence-electron chi connectivity index (χ4n) is 1.61. The van der Waals surface area contributed by atoms with Crippen molar-refractivity contribution in [3.63, 3.8) is 0 Å². The Balaban J connectivity index is 2.60. The van der Waals surface area contributed by atoms with Crippen LogP contribution < -0.4 is 0 Å². The summed E-state index contributed by atoms with van der Waals surface area (Å²) in [6.07, 6.45) is 2.72. The van der Waals surface area contributed by atoms with E-state index in [0.29, 0.717) is 18.6 Å². The molecular formula is C12H18N2O3. The number of carbonyl (C=O) groups is 2. The number of rotatable bonds is 6. The summed E-state index contributed by atoms with van der Waals surface area (Å²) in [4.78, 5) is 23.0. The lowest BCUT2D eigenvalue weighted by Crippen LogP contribution is -2.08. The van der Waals surface area contributed by atoms with E-state index in [1.54, 1.807) is 24.9 Å². The highest BCUT2D eigenvalue weighted by molar-refractivity contribution is 5.98. The lowest BCUT2D eigenvalue weighted by Gasteiger charge is -2.01. The summed E-state index contributed by atoms with van der Waals surface area (Å²) in [6.45, 7) is 4.04. The number of aromatic nitrogens is 2. The van der Waals surface area contributed by atoms with Crippen molar-refractivity contribution in [2.75, 3.05) is 6.61 Å². The molecular weight excluding hydrogens is 220 g/mol. The third kappa shape index (κ3) is 3.69. The topological polar surface area (TPSA) is 61.2 Å². The van der Waals surface area contributed by atoms with Gasteiger partial charge in [0.15, 0.2) is 5.78 Å². The molecule has 0 amide bonds. The van der Waals surface area contributed by atoms with Crippen LogP contribution >= 0.6 is 0 Å². The molecule has 0 aliphatic rings. The van der Waals surface area contributed by atoms with Crippen molar-refractivity contribution in [3.8, 4) is 0 Å². The van der Waals surface area contributed by atoms with Crippen molar-refractivity contribution < 1.29 is 14.3 Å². The van der Waals surface area contributed by atoms with Gasteiger partial charge in [-0.3, -0.25) is 14.3 Å². The first kappa shape index (κ1) is 13.4. The number of Topliss-reactive ketones (excluding diaryl/α,β-unsaturated/α-hetero) is 1. The van der Waals surface area contributed by atoms with Crippen molar-refractivity contribution in [1.29, 1.82) is 0 Å². The van der Waals surface area contributed by atoms with Crippen molar-refractivity contribution in [3.05, 3.63) is 17.5 Å². The molecule has 0 saturated carbocycles. The Morgan fingerprint density at radius 2 is 2.06 bits per heavy atom. The first-order chi connectivity index (χ1) is 8.08. The SMILES string of the molecule is CCOC(=O)CCC(=O)c1cn(C)nc1CC. The quantitative estimate of drug-likeness (QED) is 0.556. The van der Waals surface area contributed by atoms with E-state index < -0.39 is 0 Å². The van der Waals surface area contributed by atoms with Gasteiger partial charge in [0.05, 0.1) is 24.3 Å². The fraction of sp³-hybridized carbons (Fsp3) is 0.583. The van der Waals surface area contributed by atoms with Gasteiger partial charge >= 0.3 is 5.97 Å². The number of hydrogen-bond donors (Lipinski definition) is 0. The van der Waals surface area contributed by atoms with Crippen molar-refractivity contribution in [2.45, 2.75) is 33.1 Å². The standard InChI is InChI=1S/C12H18N2O3/c1-4-10-9(8-14(3)13-10)11(15)6-7-12(16)17-5-2/h8H,4-7H2,1-3H3. The molecule has 1 aromatic heterocycles. The van der Waals surface area contributed by atoms with E-state index in [-0.39, 0.29) is 24.6 Å². The van der Waals surface area contributed by atoms with Crippen LogP contribution in [0.4, 0.5) is 0 Å².